The molecule has 0 radical (unpaired) electrons. The Kier molecular flexibility index (Phi) is 2.40. The highest BCUT2D eigenvalue weighted by atomic mass is 35.5. The van der Waals surface area contributed by atoms with Gasteiger partial charge in [-0.25, -0.2) is 0 Å². The summed E-state index contributed by atoms with van der Waals surface area (Å²) in [6.45, 7) is 0. The third kappa shape index (κ3) is 2.00. The van der Waals surface area contributed by atoms with E-state index >= 15 is 0 Å². The zero-order valence-corrected chi connectivity index (χ0v) is 8.24. The molecule has 1 fully saturated rings. The van der Waals surface area contributed by atoms with Crippen LogP contribution in [0, 0.1) is 5.92 Å². The van der Waals surface area contributed by atoms with Crippen molar-refractivity contribution < 1.29 is 5.11 Å². The lowest BCUT2D eigenvalue weighted by molar-refractivity contribution is 0.164. The zero-order chi connectivity index (χ0) is 8.55. The van der Waals surface area contributed by atoms with Gasteiger partial charge in [0.2, 0.25) is 0 Å². The average Bonchev–Trinajstić information content (AvgIpc) is 2.72. The molecular formula is C9H11ClOS. The fourth-order valence-corrected chi connectivity index (χ4v) is 2.37. The van der Waals surface area contributed by atoms with Crippen LogP contribution < -0.4 is 0 Å². The highest BCUT2D eigenvalue weighted by Crippen LogP contribution is 2.39. The molecular weight excluding hydrogens is 192 g/mol. The summed E-state index contributed by atoms with van der Waals surface area (Å²) in [5.41, 5.74) is 0. The highest BCUT2D eigenvalue weighted by molar-refractivity contribution is 7.10. The monoisotopic (exact) mass is 202 g/mol. The van der Waals surface area contributed by atoms with Gasteiger partial charge in [-0.15, -0.1) is 11.3 Å². The highest BCUT2D eigenvalue weighted by Gasteiger charge is 2.25. The van der Waals surface area contributed by atoms with E-state index in [1.54, 1.807) is 11.3 Å². The van der Waals surface area contributed by atoms with Crippen LogP contribution in [0.3, 0.4) is 0 Å². The standard InChI is InChI=1S/C9H11ClOS/c10-7-4-9(12-5-7)8(11)3-6-1-2-6/h4-6,8,11H,1-3H2. The fraction of sp³-hybridized carbons (Fsp3) is 0.556. The molecule has 1 atom stereocenters. The Hall–Kier alpha value is -0.0500. The predicted octanol–water partition coefficient (Wildman–Crippen LogP) is 3.24. The van der Waals surface area contributed by atoms with E-state index in [1.807, 2.05) is 11.4 Å². The molecule has 0 aliphatic heterocycles. The molecule has 1 N–H and O–H groups in total. The molecule has 0 aromatic carbocycles. The first-order valence-corrected chi connectivity index (χ1v) is 5.43. The number of rotatable bonds is 3. The van der Waals surface area contributed by atoms with Gasteiger partial charge < -0.3 is 5.11 Å². The topological polar surface area (TPSA) is 20.2 Å². The van der Waals surface area contributed by atoms with Gasteiger partial charge >= 0.3 is 0 Å². The van der Waals surface area contributed by atoms with E-state index in [0.717, 1.165) is 22.2 Å². The van der Waals surface area contributed by atoms with Gasteiger partial charge in [0.1, 0.15) is 0 Å². The first-order valence-electron chi connectivity index (χ1n) is 4.17. The van der Waals surface area contributed by atoms with Gasteiger partial charge in [0.25, 0.3) is 0 Å². The van der Waals surface area contributed by atoms with Crippen molar-refractivity contribution in [2.24, 2.45) is 5.92 Å². The lowest BCUT2D eigenvalue weighted by Gasteiger charge is -2.05. The van der Waals surface area contributed by atoms with Crippen molar-refractivity contribution >= 4 is 22.9 Å². The van der Waals surface area contributed by atoms with Crippen LogP contribution in [0.5, 0.6) is 0 Å². The van der Waals surface area contributed by atoms with E-state index in [9.17, 15) is 5.11 Å². The number of aliphatic hydroxyl groups is 1. The van der Waals surface area contributed by atoms with Crippen molar-refractivity contribution in [1.82, 2.24) is 0 Å². The Morgan fingerprint density at radius 3 is 2.92 bits per heavy atom. The molecule has 1 heterocycles. The van der Waals surface area contributed by atoms with Gasteiger partial charge in [-0.3, -0.25) is 0 Å². The van der Waals surface area contributed by atoms with Crippen molar-refractivity contribution in [3.05, 3.63) is 21.3 Å². The number of thiophene rings is 1. The SMILES string of the molecule is OC(CC1CC1)c1cc(Cl)cs1. The Balaban J connectivity index is 1.97. The Morgan fingerprint density at radius 1 is 1.67 bits per heavy atom. The average molecular weight is 203 g/mol. The second-order valence-corrected chi connectivity index (χ2v) is 4.74. The fourth-order valence-electron chi connectivity index (χ4n) is 1.29. The van der Waals surface area contributed by atoms with Crippen LogP contribution in [0.1, 0.15) is 30.2 Å². The van der Waals surface area contributed by atoms with E-state index < -0.39 is 0 Å². The van der Waals surface area contributed by atoms with Gasteiger partial charge in [-0.1, -0.05) is 24.4 Å². The summed E-state index contributed by atoms with van der Waals surface area (Å²) >= 11 is 7.30. The zero-order valence-electron chi connectivity index (χ0n) is 6.66. The molecule has 0 saturated heterocycles. The molecule has 1 aromatic rings. The molecule has 1 nitrogen and oxygen atoms in total. The Labute approximate surface area is 81.0 Å². The smallest absolute Gasteiger partial charge is 0.0885 e. The maximum Gasteiger partial charge on any atom is 0.0885 e. The quantitative estimate of drug-likeness (QED) is 0.798. The van der Waals surface area contributed by atoms with Crippen LogP contribution in [-0.4, -0.2) is 5.11 Å². The Bertz CT molecular complexity index is 267. The minimum absolute atomic E-state index is 0.282. The number of hydrogen-bond donors (Lipinski definition) is 1. The van der Waals surface area contributed by atoms with Crippen molar-refractivity contribution in [3.8, 4) is 0 Å². The van der Waals surface area contributed by atoms with Crippen molar-refractivity contribution in [2.75, 3.05) is 0 Å². The van der Waals surface area contributed by atoms with Gasteiger partial charge in [-0.05, 0) is 18.4 Å². The minimum Gasteiger partial charge on any atom is -0.388 e. The van der Waals surface area contributed by atoms with Gasteiger partial charge in [0.05, 0.1) is 11.1 Å². The molecule has 66 valence electrons. The largest absolute Gasteiger partial charge is 0.388 e. The molecule has 0 spiro atoms. The normalized spacial score (nSPS) is 19.5. The third-order valence-corrected chi connectivity index (χ3v) is 3.55. The molecule has 0 bridgehead atoms. The molecule has 1 aromatic heterocycles. The minimum atomic E-state index is -0.282. The second-order valence-electron chi connectivity index (χ2n) is 3.36. The number of aliphatic hydroxyl groups excluding tert-OH is 1. The molecule has 0 amide bonds. The summed E-state index contributed by atoms with van der Waals surface area (Å²) in [7, 11) is 0. The summed E-state index contributed by atoms with van der Waals surface area (Å²) in [6.07, 6.45) is 3.21. The third-order valence-electron chi connectivity index (χ3n) is 2.17. The second kappa shape index (κ2) is 3.36. The van der Waals surface area contributed by atoms with E-state index in [1.165, 1.54) is 12.8 Å². The summed E-state index contributed by atoms with van der Waals surface area (Å²) < 4.78 is 0. The molecule has 2 rings (SSSR count). The molecule has 1 aliphatic rings. The maximum absolute atomic E-state index is 9.70. The lowest BCUT2D eigenvalue weighted by Crippen LogP contribution is -1.94. The van der Waals surface area contributed by atoms with Gasteiger partial charge in [0.15, 0.2) is 0 Å². The van der Waals surface area contributed by atoms with E-state index in [-0.39, 0.29) is 6.10 Å². The summed E-state index contributed by atoms with van der Waals surface area (Å²) in [5.74, 6) is 0.765. The van der Waals surface area contributed by atoms with Crippen molar-refractivity contribution in [3.63, 3.8) is 0 Å². The lowest BCUT2D eigenvalue weighted by atomic mass is 10.1. The molecule has 3 heteroatoms. The van der Waals surface area contributed by atoms with E-state index in [4.69, 9.17) is 11.6 Å². The van der Waals surface area contributed by atoms with Crippen LogP contribution in [0.15, 0.2) is 11.4 Å². The van der Waals surface area contributed by atoms with Crippen LogP contribution in [0.2, 0.25) is 5.02 Å². The van der Waals surface area contributed by atoms with Crippen molar-refractivity contribution in [1.29, 1.82) is 0 Å². The molecule has 12 heavy (non-hydrogen) atoms. The molecule has 1 saturated carbocycles. The van der Waals surface area contributed by atoms with Crippen LogP contribution >= 0.6 is 22.9 Å². The van der Waals surface area contributed by atoms with Crippen LogP contribution in [0.4, 0.5) is 0 Å². The summed E-state index contributed by atoms with van der Waals surface area (Å²) in [4.78, 5) is 1.01. The predicted molar refractivity (Wildman–Crippen MR) is 51.6 cm³/mol. The first-order chi connectivity index (χ1) is 5.75. The van der Waals surface area contributed by atoms with E-state index in [2.05, 4.69) is 0 Å². The van der Waals surface area contributed by atoms with Crippen LogP contribution in [0.25, 0.3) is 0 Å². The Morgan fingerprint density at radius 2 is 2.42 bits per heavy atom. The maximum atomic E-state index is 9.70. The summed E-state index contributed by atoms with van der Waals surface area (Å²) in [6, 6.07) is 1.86. The molecule has 1 aliphatic carbocycles. The molecule has 1 unspecified atom stereocenters. The number of halogens is 1. The van der Waals surface area contributed by atoms with Crippen molar-refractivity contribution in [2.45, 2.75) is 25.4 Å². The van der Waals surface area contributed by atoms with E-state index in [0.29, 0.717) is 0 Å². The first kappa shape index (κ1) is 8.54. The van der Waals surface area contributed by atoms with Gasteiger partial charge in [-0.2, -0.15) is 0 Å². The number of hydrogen-bond acceptors (Lipinski definition) is 2. The van der Waals surface area contributed by atoms with Crippen LogP contribution in [-0.2, 0) is 0 Å². The summed E-state index contributed by atoms with van der Waals surface area (Å²) in [5, 5.41) is 12.3. The van der Waals surface area contributed by atoms with Gasteiger partial charge in [0, 0.05) is 10.3 Å².